The number of benzene rings is 1. The number of hydrogen-bond acceptors (Lipinski definition) is 8. The Morgan fingerprint density at radius 1 is 1.28 bits per heavy atom. The smallest absolute Gasteiger partial charge is 0.275 e. The number of methoxy groups -OCH3 is 1. The number of hydrogen-bond donors (Lipinski definition) is 2. The van der Waals surface area contributed by atoms with Gasteiger partial charge in [-0.15, -0.1) is 0 Å². The standard InChI is InChI=1S/C20H22FN5O5S/c1-19(11-32(28,29)20(18(22)26-19)9-31(3)10-20)13-6-12(4-5-14(13)21)25-17(27)15-7-24-16(30-2)8-23-15/h4-8H,9-11H2,1-3H3,(H2-,22,25,26,27)/p+1/t19-/m0/s1. The first-order valence-electron chi connectivity index (χ1n) is 9.64. The maximum Gasteiger partial charge on any atom is 0.275 e. The van der Waals surface area contributed by atoms with Crippen LogP contribution in [0.15, 0.2) is 35.6 Å². The summed E-state index contributed by atoms with van der Waals surface area (Å²) in [6, 6.07) is 3.86. The summed E-state index contributed by atoms with van der Waals surface area (Å²) in [5.74, 6) is -1.43. The van der Waals surface area contributed by atoms with Crippen LogP contribution in [0.2, 0.25) is 0 Å². The number of rotatable bonds is 4. The van der Waals surface area contributed by atoms with Crippen LogP contribution in [0.5, 0.6) is 5.88 Å². The van der Waals surface area contributed by atoms with E-state index in [0.29, 0.717) is 0 Å². The monoisotopic (exact) mass is 464 g/mol. The van der Waals surface area contributed by atoms with Gasteiger partial charge in [0.05, 0.1) is 25.3 Å². The van der Waals surface area contributed by atoms with Crippen molar-refractivity contribution in [2.24, 2.45) is 10.7 Å². The van der Waals surface area contributed by atoms with Crippen molar-refractivity contribution in [2.45, 2.75) is 17.2 Å². The zero-order valence-electron chi connectivity index (χ0n) is 17.8. The van der Waals surface area contributed by atoms with Crippen molar-refractivity contribution in [3.05, 3.63) is 47.7 Å². The average molecular weight is 464 g/mol. The SMILES string of the molecule is COc1cnc(C(=O)Nc2ccc(F)c([C@]3(C)CS(=O)(=O)C4(C[O+](C)C4)C(N)=N3)c2)cn1. The zero-order valence-corrected chi connectivity index (χ0v) is 18.6. The predicted molar refractivity (Wildman–Crippen MR) is 115 cm³/mol. The number of amides is 1. The zero-order chi connectivity index (χ0) is 23.3. The third kappa shape index (κ3) is 3.48. The minimum Gasteiger partial charge on any atom is -0.480 e. The fourth-order valence-corrected chi connectivity index (χ4v) is 6.40. The van der Waals surface area contributed by atoms with E-state index in [1.54, 1.807) is 7.11 Å². The van der Waals surface area contributed by atoms with Crippen LogP contribution in [0.3, 0.4) is 0 Å². The summed E-state index contributed by atoms with van der Waals surface area (Å²) in [5.41, 5.74) is 4.95. The number of anilines is 1. The molecule has 2 aliphatic rings. The van der Waals surface area contributed by atoms with Gasteiger partial charge in [0, 0.05) is 11.3 Å². The van der Waals surface area contributed by atoms with Crippen LogP contribution >= 0.6 is 0 Å². The first-order chi connectivity index (χ1) is 15.0. The highest BCUT2D eigenvalue weighted by Crippen LogP contribution is 2.43. The molecule has 0 aliphatic carbocycles. The van der Waals surface area contributed by atoms with Crippen molar-refractivity contribution in [2.75, 3.05) is 38.5 Å². The van der Waals surface area contributed by atoms with Gasteiger partial charge in [-0.3, -0.25) is 9.79 Å². The van der Waals surface area contributed by atoms with Gasteiger partial charge in [0.2, 0.25) is 5.88 Å². The lowest BCUT2D eigenvalue weighted by Gasteiger charge is -2.46. The fraction of sp³-hybridized carbons (Fsp3) is 0.400. The predicted octanol–water partition coefficient (Wildman–Crippen LogP) is 0.812. The number of halogens is 1. The second-order valence-corrected chi connectivity index (χ2v) is 10.5. The lowest BCUT2D eigenvalue weighted by Crippen LogP contribution is -2.71. The number of aliphatic imine (C=N–C) groups is 1. The van der Waals surface area contributed by atoms with E-state index in [1.165, 1.54) is 38.6 Å². The van der Waals surface area contributed by atoms with Crippen LogP contribution in [0, 0.1) is 5.82 Å². The largest absolute Gasteiger partial charge is 0.480 e. The number of sulfone groups is 1. The van der Waals surface area contributed by atoms with Crippen molar-refractivity contribution >= 4 is 27.3 Å². The summed E-state index contributed by atoms with van der Waals surface area (Å²) < 4.78 is 47.3. The van der Waals surface area contributed by atoms with E-state index >= 15 is 0 Å². The summed E-state index contributed by atoms with van der Waals surface area (Å²) in [6.07, 6.45) is 2.54. The molecule has 2 aliphatic heterocycles. The van der Waals surface area contributed by atoms with Gasteiger partial charge >= 0.3 is 0 Å². The Morgan fingerprint density at radius 2 is 2.00 bits per heavy atom. The van der Waals surface area contributed by atoms with Crippen LogP contribution < -0.4 is 15.8 Å². The van der Waals surface area contributed by atoms with E-state index in [0.717, 1.165) is 6.07 Å². The van der Waals surface area contributed by atoms with Gasteiger partial charge in [-0.05, 0) is 25.1 Å². The Morgan fingerprint density at radius 3 is 2.56 bits per heavy atom. The van der Waals surface area contributed by atoms with Gasteiger partial charge in [0.25, 0.3) is 10.7 Å². The maximum atomic E-state index is 14.8. The minimum absolute atomic E-state index is 0.0119. The Balaban J connectivity index is 1.65. The van der Waals surface area contributed by atoms with Crippen LogP contribution in [0.1, 0.15) is 23.0 Å². The average Bonchev–Trinajstić information content (AvgIpc) is 2.71. The molecule has 1 saturated heterocycles. The van der Waals surface area contributed by atoms with Crippen molar-refractivity contribution in [3.63, 3.8) is 0 Å². The molecule has 10 nitrogen and oxygen atoms in total. The Labute approximate surface area is 184 Å². The second kappa shape index (κ2) is 7.48. The molecular formula is C20H23FN5O5S+. The van der Waals surface area contributed by atoms with Gasteiger partial charge in [-0.2, -0.15) is 0 Å². The molecule has 0 radical (unpaired) electrons. The number of aromatic nitrogens is 2. The quantitative estimate of drug-likeness (QED) is 0.638. The third-order valence-corrected chi connectivity index (χ3v) is 8.31. The Kier molecular flexibility index (Phi) is 5.17. The van der Waals surface area contributed by atoms with E-state index in [1.807, 2.05) is 0 Å². The Hall–Kier alpha value is -3.12. The summed E-state index contributed by atoms with van der Waals surface area (Å²) in [4.78, 5) is 24.8. The summed E-state index contributed by atoms with van der Waals surface area (Å²) in [7, 11) is -0.594. The molecule has 1 amide bonds. The van der Waals surface area contributed by atoms with Gasteiger partial charge in [-0.1, -0.05) is 0 Å². The molecule has 32 heavy (non-hydrogen) atoms. The highest BCUT2D eigenvalue weighted by molar-refractivity contribution is 7.93. The first kappa shape index (κ1) is 22.1. The number of nitrogens with one attached hydrogen (secondary N) is 1. The van der Waals surface area contributed by atoms with E-state index in [2.05, 4.69) is 24.6 Å². The first-order valence-corrected chi connectivity index (χ1v) is 11.3. The van der Waals surface area contributed by atoms with Crippen molar-refractivity contribution < 1.29 is 26.7 Å². The van der Waals surface area contributed by atoms with Crippen molar-refractivity contribution in [3.8, 4) is 5.88 Å². The summed E-state index contributed by atoms with van der Waals surface area (Å²) in [6.45, 7) is 1.85. The molecule has 1 aromatic heterocycles. The van der Waals surface area contributed by atoms with Gasteiger partial charge < -0.3 is 20.2 Å². The number of nitrogens with two attached hydrogens (primary N) is 1. The van der Waals surface area contributed by atoms with E-state index < -0.39 is 37.6 Å². The van der Waals surface area contributed by atoms with Crippen molar-refractivity contribution in [1.82, 2.24) is 9.97 Å². The highest BCUT2D eigenvalue weighted by Gasteiger charge is 2.66. The number of nitrogens with zero attached hydrogens (tertiary/aromatic N) is 3. The van der Waals surface area contributed by atoms with E-state index in [-0.39, 0.29) is 41.9 Å². The van der Waals surface area contributed by atoms with Crippen molar-refractivity contribution in [1.29, 1.82) is 0 Å². The minimum atomic E-state index is -3.73. The lowest BCUT2D eigenvalue weighted by atomic mass is 9.92. The van der Waals surface area contributed by atoms with E-state index in [9.17, 15) is 17.6 Å². The molecular weight excluding hydrogens is 441 g/mol. The molecule has 3 N–H and O–H groups in total. The lowest BCUT2D eigenvalue weighted by molar-refractivity contribution is -0.185. The number of carbonyl (C=O) groups is 1. The maximum absolute atomic E-state index is 14.8. The van der Waals surface area contributed by atoms with Gasteiger partial charge in [0.1, 0.15) is 30.0 Å². The molecule has 1 fully saturated rings. The second-order valence-electron chi connectivity index (χ2n) is 8.19. The van der Waals surface area contributed by atoms with Gasteiger partial charge in [0.15, 0.2) is 23.1 Å². The van der Waals surface area contributed by atoms with Crippen LogP contribution in [0.25, 0.3) is 0 Å². The molecule has 1 spiro atoms. The topological polar surface area (TPSA) is 139 Å². The normalized spacial score (nSPS) is 23.8. The molecule has 1 atom stereocenters. The molecule has 0 bridgehead atoms. The molecule has 0 saturated carbocycles. The fourth-order valence-electron chi connectivity index (χ4n) is 4.04. The molecule has 3 heterocycles. The molecule has 12 heteroatoms. The molecule has 0 unspecified atom stereocenters. The molecule has 2 aromatic rings. The van der Waals surface area contributed by atoms with E-state index in [4.69, 9.17) is 10.5 Å². The van der Waals surface area contributed by atoms with Crippen LogP contribution in [-0.4, -0.2) is 68.1 Å². The third-order valence-electron chi connectivity index (χ3n) is 5.73. The summed E-state index contributed by atoms with van der Waals surface area (Å²) >= 11 is 0. The molecule has 4 rings (SSSR count). The Bertz CT molecular complexity index is 1210. The molecule has 1 aromatic carbocycles. The number of amidine groups is 1. The highest BCUT2D eigenvalue weighted by atomic mass is 32.2. The van der Waals surface area contributed by atoms with Crippen LogP contribution in [-0.2, 0) is 19.7 Å². The molecule has 170 valence electrons. The van der Waals surface area contributed by atoms with Gasteiger partial charge in [-0.25, -0.2) is 22.8 Å². The number of carbonyl (C=O) groups excluding carboxylic acids is 1. The number of ether oxygens (including phenoxy) is 1. The van der Waals surface area contributed by atoms with Crippen LogP contribution in [0.4, 0.5) is 10.1 Å². The summed E-state index contributed by atoms with van der Waals surface area (Å²) in [5, 5.41) is 2.61.